The average molecular weight is 414 g/mol. The van der Waals surface area contributed by atoms with Crippen LogP contribution in [0.3, 0.4) is 0 Å². The molecule has 2 heterocycles. The number of hydrogen-bond acceptors (Lipinski definition) is 5. The standard InChI is InChI=1S/C17H24BrN3O4/c1-12(2)17(5-4-13(3)18)14(22)19-16(24)21(15(17)23)7-6-20-8-10-25-11-9-20/h4-5,12H,3,6-11H2,1-2H3,(H,19,22,24). The molecule has 0 spiro atoms. The highest BCUT2D eigenvalue weighted by atomic mass is 79.9. The monoisotopic (exact) mass is 413 g/mol. The van der Waals surface area contributed by atoms with Crippen LogP contribution in [-0.2, 0) is 14.3 Å². The zero-order valence-electron chi connectivity index (χ0n) is 14.6. The van der Waals surface area contributed by atoms with Crippen LogP contribution in [0, 0.1) is 11.3 Å². The Bertz CT molecular complexity index is 599. The SMILES string of the molecule is C=C(Br)C=CC1(C(C)C)C(=O)NC(=O)N(CCN2CCOCC2)C1=O. The van der Waals surface area contributed by atoms with E-state index in [1.54, 1.807) is 19.9 Å². The molecule has 138 valence electrons. The first-order valence-corrected chi connectivity index (χ1v) is 9.09. The van der Waals surface area contributed by atoms with Crippen LogP contribution in [0.5, 0.6) is 0 Å². The van der Waals surface area contributed by atoms with E-state index < -0.39 is 23.3 Å². The molecule has 1 atom stereocenters. The number of urea groups is 1. The number of carbonyl (C=O) groups excluding carboxylic acids is 3. The van der Waals surface area contributed by atoms with Gasteiger partial charge in [-0.2, -0.15) is 0 Å². The second-order valence-electron chi connectivity index (χ2n) is 6.47. The molecular weight excluding hydrogens is 390 g/mol. The number of carbonyl (C=O) groups is 3. The van der Waals surface area contributed by atoms with Crippen LogP contribution in [0.25, 0.3) is 0 Å². The maximum atomic E-state index is 13.1. The number of barbiturate groups is 1. The third-order valence-corrected chi connectivity index (χ3v) is 4.89. The van der Waals surface area contributed by atoms with Crippen molar-refractivity contribution in [2.75, 3.05) is 39.4 Å². The normalized spacial score (nSPS) is 25.8. The highest BCUT2D eigenvalue weighted by Gasteiger charge is 2.54. The third kappa shape index (κ3) is 4.19. The molecule has 4 amide bonds. The van der Waals surface area contributed by atoms with Crippen molar-refractivity contribution >= 4 is 33.8 Å². The molecule has 1 unspecified atom stereocenters. The van der Waals surface area contributed by atoms with Crippen molar-refractivity contribution in [3.63, 3.8) is 0 Å². The van der Waals surface area contributed by atoms with E-state index in [0.717, 1.165) is 18.0 Å². The smallest absolute Gasteiger partial charge is 0.330 e. The van der Waals surface area contributed by atoms with E-state index in [-0.39, 0.29) is 12.5 Å². The van der Waals surface area contributed by atoms with E-state index in [1.165, 1.54) is 6.08 Å². The number of nitrogens with one attached hydrogen (secondary N) is 1. The zero-order chi connectivity index (χ0) is 18.6. The highest BCUT2D eigenvalue weighted by Crippen LogP contribution is 2.35. The van der Waals surface area contributed by atoms with Crippen molar-refractivity contribution in [2.45, 2.75) is 13.8 Å². The lowest BCUT2D eigenvalue weighted by atomic mass is 9.73. The Balaban J connectivity index is 2.22. The predicted octanol–water partition coefficient (Wildman–Crippen LogP) is 1.50. The van der Waals surface area contributed by atoms with Crippen molar-refractivity contribution in [2.24, 2.45) is 11.3 Å². The molecule has 0 aromatic heterocycles. The topological polar surface area (TPSA) is 79.0 Å². The largest absolute Gasteiger partial charge is 0.379 e. The Morgan fingerprint density at radius 2 is 1.96 bits per heavy atom. The van der Waals surface area contributed by atoms with Gasteiger partial charge in [-0.3, -0.25) is 24.7 Å². The number of rotatable bonds is 6. The maximum absolute atomic E-state index is 13.1. The van der Waals surface area contributed by atoms with Crippen LogP contribution in [0.1, 0.15) is 13.8 Å². The van der Waals surface area contributed by atoms with Crippen molar-refractivity contribution < 1.29 is 19.1 Å². The minimum atomic E-state index is -1.42. The first-order valence-electron chi connectivity index (χ1n) is 8.30. The lowest BCUT2D eigenvalue weighted by molar-refractivity contribution is -0.150. The molecule has 0 bridgehead atoms. The van der Waals surface area contributed by atoms with Gasteiger partial charge in [0.05, 0.1) is 13.2 Å². The second kappa shape index (κ2) is 8.25. The van der Waals surface area contributed by atoms with E-state index in [1.807, 2.05) is 0 Å². The fraction of sp³-hybridized carbons (Fsp3) is 0.588. The van der Waals surface area contributed by atoms with Gasteiger partial charge in [-0.1, -0.05) is 48.5 Å². The Kier molecular flexibility index (Phi) is 6.53. The van der Waals surface area contributed by atoms with Gasteiger partial charge in [0.15, 0.2) is 0 Å². The van der Waals surface area contributed by atoms with Gasteiger partial charge < -0.3 is 4.74 Å². The number of nitrogens with zero attached hydrogens (tertiary/aromatic N) is 2. The Morgan fingerprint density at radius 3 is 2.52 bits per heavy atom. The molecule has 0 saturated carbocycles. The van der Waals surface area contributed by atoms with Crippen molar-refractivity contribution in [1.82, 2.24) is 15.1 Å². The molecule has 2 rings (SSSR count). The van der Waals surface area contributed by atoms with Crippen LogP contribution in [0.15, 0.2) is 23.2 Å². The summed E-state index contributed by atoms with van der Waals surface area (Å²) < 4.78 is 5.84. The summed E-state index contributed by atoms with van der Waals surface area (Å²) in [6.45, 7) is 10.9. The Morgan fingerprint density at radius 1 is 1.32 bits per heavy atom. The lowest BCUT2D eigenvalue weighted by Gasteiger charge is -2.40. The maximum Gasteiger partial charge on any atom is 0.330 e. The summed E-state index contributed by atoms with van der Waals surface area (Å²) in [5.41, 5.74) is -1.42. The summed E-state index contributed by atoms with van der Waals surface area (Å²) in [5, 5.41) is 2.33. The quantitative estimate of drug-likeness (QED) is 0.527. The van der Waals surface area contributed by atoms with Crippen LogP contribution >= 0.6 is 15.9 Å². The Hall–Kier alpha value is -1.51. The van der Waals surface area contributed by atoms with Crippen molar-refractivity contribution in [1.29, 1.82) is 0 Å². The van der Waals surface area contributed by atoms with Crippen LogP contribution in [0.4, 0.5) is 4.79 Å². The fourth-order valence-electron chi connectivity index (χ4n) is 3.02. The van der Waals surface area contributed by atoms with E-state index in [9.17, 15) is 14.4 Å². The summed E-state index contributed by atoms with van der Waals surface area (Å²) in [4.78, 5) is 41.1. The van der Waals surface area contributed by atoms with Crippen molar-refractivity contribution in [3.05, 3.63) is 23.2 Å². The number of hydrogen-bond donors (Lipinski definition) is 1. The number of allylic oxidation sites excluding steroid dienone is 2. The van der Waals surface area contributed by atoms with E-state index in [4.69, 9.17) is 4.74 Å². The molecule has 7 nitrogen and oxygen atoms in total. The highest BCUT2D eigenvalue weighted by molar-refractivity contribution is 9.11. The Labute approximate surface area is 156 Å². The van der Waals surface area contributed by atoms with E-state index >= 15 is 0 Å². The van der Waals surface area contributed by atoms with Crippen LogP contribution in [0.2, 0.25) is 0 Å². The van der Waals surface area contributed by atoms with Gasteiger partial charge >= 0.3 is 6.03 Å². The van der Waals surface area contributed by atoms with Crippen molar-refractivity contribution in [3.8, 4) is 0 Å². The van der Waals surface area contributed by atoms with Gasteiger partial charge in [0, 0.05) is 30.7 Å². The summed E-state index contributed by atoms with van der Waals surface area (Å²) >= 11 is 3.20. The third-order valence-electron chi connectivity index (χ3n) is 4.62. The number of imide groups is 2. The minimum absolute atomic E-state index is 0.232. The second-order valence-corrected chi connectivity index (χ2v) is 7.49. The molecule has 0 radical (unpaired) electrons. The van der Waals surface area contributed by atoms with Gasteiger partial charge in [0.1, 0.15) is 5.41 Å². The van der Waals surface area contributed by atoms with E-state index in [2.05, 4.69) is 32.7 Å². The molecule has 0 aromatic rings. The number of amides is 4. The number of halogens is 1. The molecule has 1 N–H and O–H groups in total. The first-order chi connectivity index (χ1) is 11.8. The summed E-state index contributed by atoms with van der Waals surface area (Å²) in [5.74, 6) is -1.40. The molecular formula is C17H24BrN3O4. The zero-order valence-corrected chi connectivity index (χ0v) is 16.2. The van der Waals surface area contributed by atoms with Gasteiger partial charge in [-0.15, -0.1) is 0 Å². The van der Waals surface area contributed by atoms with Gasteiger partial charge in [0.25, 0.3) is 5.91 Å². The van der Waals surface area contributed by atoms with E-state index in [0.29, 0.717) is 24.2 Å². The first kappa shape index (κ1) is 19.8. The molecule has 25 heavy (non-hydrogen) atoms. The lowest BCUT2D eigenvalue weighted by Crippen LogP contribution is -2.65. The van der Waals surface area contributed by atoms with Gasteiger partial charge in [-0.05, 0) is 5.92 Å². The fourth-order valence-corrected chi connectivity index (χ4v) is 3.15. The minimum Gasteiger partial charge on any atom is -0.379 e. The van der Waals surface area contributed by atoms with Crippen LogP contribution < -0.4 is 5.32 Å². The molecule has 2 aliphatic heterocycles. The number of morpholine rings is 1. The van der Waals surface area contributed by atoms with Gasteiger partial charge in [-0.25, -0.2) is 4.79 Å². The summed E-state index contributed by atoms with van der Waals surface area (Å²) in [6.07, 6.45) is 3.11. The number of ether oxygens (including phenoxy) is 1. The summed E-state index contributed by atoms with van der Waals surface area (Å²) in [6, 6.07) is -0.661. The molecule has 2 fully saturated rings. The molecule has 0 aliphatic carbocycles. The van der Waals surface area contributed by atoms with Crippen LogP contribution in [-0.4, -0.2) is 67.0 Å². The predicted molar refractivity (Wildman–Crippen MR) is 97.0 cm³/mol. The van der Waals surface area contributed by atoms with Gasteiger partial charge in [0.2, 0.25) is 5.91 Å². The average Bonchev–Trinajstić information content (AvgIpc) is 2.55. The summed E-state index contributed by atoms with van der Waals surface area (Å²) in [7, 11) is 0. The molecule has 2 aliphatic rings. The molecule has 8 heteroatoms. The molecule has 2 saturated heterocycles. The molecule has 0 aromatic carbocycles.